The quantitative estimate of drug-likeness (QED) is 0.0279. The van der Waals surface area contributed by atoms with Gasteiger partial charge in [-0.25, -0.2) is 4.57 Å². The van der Waals surface area contributed by atoms with Crippen molar-refractivity contribution in [3.05, 3.63) is 36.5 Å². The maximum Gasteiger partial charge on any atom is 0.472 e. The van der Waals surface area contributed by atoms with Crippen LogP contribution in [0.4, 0.5) is 0 Å². The molecule has 1 N–H and O–H groups in total. The summed E-state index contributed by atoms with van der Waals surface area (Å²) in [6.07, 6.45) is 52.0. The fourth-order valence-electron chi connectivity index (χ4n) is 6.83. The van der Waals surface area contributed by atoms with Crippen molar-refractivity contribution in [1.82, 2.24) is 0 Å². The number of carbonyl (C=O) groups is 2. The molecule has 8 nitrogen and oxygen atoms in total. The van der Waals surface area contributed by atoms with Gasteiger partial charge in [-0.1, -0.05) is 185 Å². The maximum absolute atomic E-state index is 12.6. The topological polar surface area (TPSA) is 108 Å². The van der Waals surface area contributed by atoms with Crippen molar-refractivity contribution < 1.29 is 37.6 Å². The third kappa shape index (κ3) is 43.8. The minimum atomic E-state index is -4.28. The lowest BCUT2D eigenvalue weighted by Crippen LogP contribution is -2.29. The van der Waals surface area contributed by atoms with Crippen molar-refractivity contribution in [2.45, 2.75) is 245 Å². The second-order valence-corrected chi connectivity index (χ2v) is 17.6. The molecule has 0 aromatic rings. The van der Waals surface area contributed by atoms with E-state index in [1.807, 2.05) is 0 Å². The number of hydrogen-bond acceptors (Lipinski definition) is 7. The van der Waals surface area contributed by atoms with Gasteiger partial charge in [0, 0.05) is 12.8 Å². The van der Waals surface area contributed by atoms with Crippen LogP contribution >= 0.6 is 7.82 Å². The molecule has 0 aliphatic heterocycles. The summed E-state index contributed by atoms with van der Waals surface area (Å²) in [5, 5.41) is 0. The molecule has 0 fully saturated rings. The van der Waals surface area contributed by atoms with E-state index in [0.29, 0.717) is 6.42 Å². The van der Waals surface area contributed by atoms with Gasteiger partial charge in [0.05, 0.1) is 13.2 Å². The minimum Gasteiger partial charge on any atom is -0.462 e. The number of unbranched alkanes of at least 4 members (excludes halogenated alkanes) is 27. The molecule has 0 spiro atoms. The highest BCUT2D eigenvalue weighted by Gasteiger charge is 2.25. The molecule has 0 aromatic carbocycles. The second kappa shape index (κ2) is 44.8. The Morgan fingerprint density at radius 3 is 1.24 bits per heavy atom. The molecule has 0 aromatic heterocycles. The maximum atomic E-state index is 12.6. The van der Waals surface area contributed by atoms with E-state index in [4.69, 9.17) is 18.5 Å². The molecule has 0 aliphatic carbocycles. The average Bonchev–Trinajstić information content (AvgIpc) is 3.20. The molecule has 2 unspecified atom stereocenters. The van der Waals surface area contributed by atoms with Crippen LogP contribution in [0.15, 0.2) is 36.5 Å². The molecular weight excluding hydrogens is 748 g/mol. The van der Waals surface area contributed by atoms with Gasteiger partial charge in [-0.05, 0) is 77.6 Å². The van der Waals surface area contributed by atoms with Gasteiger partial charge < -0.3 is 14.4 Å². The molecule has 340 valence electrons. The van der Waals surface area contributed by atoms with Gasteiger partial charge in [0.25, 0.3) is 0 Å². The number of phosphoric acid groups is 1. The zero-order chi connectivity index (χ0) is 42.5. The molecule has 9 heteroatoms. The van der Waals surface area contributed by atoms with Crippen molar-refractivity contribution in [2.24, 2.45) is 0 Å². The Labute approximate surface area is 357 Å². The van der Waals surface area contributed by atoms with Gasteiger partial charge in [0.1, 0.15) is 6.61 Å². The molecule has 0 rings (SSSR count). The first kappa shape index (κ1) is 56.3. The first-order valence-electron chi connectivity index (χ1n) is 24.3. The second-order valence-electron chi connectivity index (χ2n) is 16.1. The summed E-state index contributed by atoms with van der Waals surface area (Å²) in [7, 11) is -4.28. The Morgan fingerprint density at radius 1 is 0.466 bits per heavy atom. The number of esters is 2. The number of allylic oxidation sites excluding steroid dienone is 6. The van der Waals surface area contributed by atoms with Gasteiger partial charge in [-0.15, -0.1) is 0 Å². The Balaban J connectivity index is 4.00. The monoisotopic (exact) mass is 839 g/mol. The third-order valence-corrected chi connectivity index (χ3v) is 11.5. The molecule has 0 heterocycles. The summed E-state index contributed by atoms with van der Waals surface area (Å²) in [5.41, 5.74) is 0. The summed E-state index contributed by atoms with van der Waals surface area (Å²) >= 11 is 0. The van der Waals surface area contributed by atoms with E-state index >= 15 is 0 Å². The predicted octanol–water partition coefficient (Wildman–Crippen LogP) is 15.6. The van der Waals surface area contributed by atoms with Crippen LogP contribution in [0, 0.1) is 0 Å². The van der Waals surface area contributed by atoms with Crippen molar-refractivity contribution in [2.75, 3.05) is 19.8 Å². The van der Waals surface area contributed by atoms with Crippen molar-refractivity contribution in [3.8, 4) is 0 Å². The smallest absolute Gasteiger partial charge is 0.462 e. The van der Waals surface area contributed by atoms with Crippen molar-refractivity contribution in [1.29, 1.82) is 0 Å². The minimum absolute atomic E-state index is 0.000829. The summed E-state index contributed by atoms with van der Waals surface area (Å²) in [6, 6.07) is 0. The number of hydrogen-bond donors (Lipinski definition) is 1. The van der Waals surface area contributed by atoms with E-state index in [9.17, 15) is 19.0 Å². The predicted molar refractivity (Wildman–Crippen MR) is 244 cm³/mol. The van der Waals surface area contributed by atoms with Crippen LogP contribution in [0.5, 0.6) is 0 Å². The average molecular weight is 839 g/mol. The van der Waals surface area contributed by atoms with Gasteiger partial charge in [0.2, 0.25) is 0 Å². The highest BCUT2D eigenvalue weighted by atomic mass is 31.2. The lowest BCUT2D eigenvalue weighted by molar-refractivity contribution is -0.161. The van der Waals surface area contributed by atoms with Crippen LogP contribution in [0.1, 0.15) is 239 Å². The van der Waals surface area contributed by atoms with Gasteiger partial charge in [-0.3, -0.25) is 18.6 Å². The first-order chi connectivity index (χ1) is 28.3. The molecule has 0 saturated carbocycles. The van der Waals surface area contributed by atoms with Crippen LogP contribution < -0.4 is 0 Å². The molecular formula is C49H91O8P. The molecule has 0 radical (unpaired) electrons. The van der Waals surface area contributed by atoms with Crippen LogP contribution in [-0.2, 0) is 32.7 Å². The van der Waals surface area contributed by atoms with Crippen LogP contribution in [0.25, 0.3) is 0 Å². The lowest BCUT2D eigenvalue weighted by Gasteiger charge is -2.19. The van der Waals surface area contributed by atoms with Gasteiger partial charge in [0.15, 0.2) is 6.10 Å². The van der Waals surface area contributed by atoms with Crippen molar-refractivity contribution >= 4 is 19.8 Å². The Bertz CT molecular complexity index is 1040. The van der Waals surface area contributed by atoms with E-state index < -0.39 is 26.5 Å². The van der Waals surface area contributed by atoms with Crippen LogP contribution in [0.2, 0.25) is 0 Å². The fraction of sp³-hybridized carbons (Fsp3) is 0.837. The summed E-state index contributed by atoms with van der Waals surface area (Å²) in [4.78, 5) is 34.8. The Morgan fingerprint density at radius 2 is 0.828 bits per heavy atom. The Kier molecular flexibility index (Phi) is 43.5. The largest absolute Gasteiger partial charge is 0.472 e. The molecule has 0 amide bonds. The normalized spacial score (nSPS) is 13.5. The standard InChI is InChI=1S/C49H91O8P/c1-4-7-9-11-13-15-17-19-21-22-23-24-25-26-27-28-30-32-34-36-38-40-42-44-49(51)57-47(46-56-58(52,53)55-6-3)45-54-48(50)43-41-39-37-35-33-31-29-20-18-16-14-12-10-8-5-2/h17,19-20,22-23,29,47H,4-16,18,21,24-28,30-46H2,1-3H3,(H,52,53)/b19-17-,23-22-,29-20-. The molecule has 58 heavy (non-hydrogen) atoms. The molecule has 0 bridgehead atoms. The molecule has 0 saturated heterocycles. The Hall–Kier alpha value is -1.73. The lowest BCUT2D eigenvalue weighted by atomic mass is 10.0. The zero-order valence-electron chi connectivity index (χ0n) is 38.0. The van der Waals surface area contributed by atoms with E-state index in [0.717, 1.165) is 57.8 Å². The summed E-state index contributed by atoms with van der Waals surface area (Å²) < 4.78 is 32.7. The van der Waals surface area contributed by atoms with E-state index in [2.05, 4.69) is 50.3 Å². The van der Waals surface area contributed by atoms with E-state index in [-0.39, 0.29) is 32.0 Å². The van der Waals surface area contributed by atoms with Gasteiger partial charge in [-0.2, -0.15) is 0 Å². The molecule has 0 aliphatic rings. The summed E-state index contributed by atoms with van der Waals surface area (Å²) in [6.45, 7) is 5.48. The van der Waals surface area contributed by atoms with Crippen molar-refractivity contribution in [3.63, 3.8) is 0 Å². The SMILES string of the molecule is CCCCCCC/C=C\C/C=C\CCCCCCCCCCCCCC(=O)OC(COC(=O)CCCCCCC/C=C\CCCCCCCC)COP(=O)(O)OCC. The van der Waals surface area contributed by atoms with E-state index in [1.54, 1.807) is 6.92 Å². The van der Waals surface area contributed by atoms with E-state index in [1.165, 1.54) is 141 Å². The summed E-state index contributed by atoms with van der Waals surface area (Å²) in [5.74, 6) is -0.803. The third-order valence-electron chi connectivity index (χ3n) is 10.4. The van der Waals surface area contributed by atoms with Crippen LogP contribution in [-0.4, -0.2) is 42.8 Å². The fourth-order valence-corrected chi connectivity index (χ4v) is 7.59. The highest BCUT2D eigenvalue weighted by molar-refractivity contribution is 7.47. The number of rotatable bonds is 45. The molecule has 2 atom stereocenters. The first-order valence-corrected chi connectivity index (χ1v) is 25.8. The number of carbonyl (C=O) groups excluding carboxylic acids is 2. The zero-order valence-corrected chi connectivity index (χ0v) is 38.9. The highest BCUT2D eigenvalue weighted by Crippen LogP contribution is 2.43. The number of phosphoric ester groups is 1. The van der Waals surface area contributed by atoms with Crippen LogP contribution in [0.3, 0.4) is 0 Å². The number of ether oxygens (including phenoxy) is 2. The van der Waals surface area contributed by atoms with Gasteiger partial charge >= 0.3 is 19.8 Å².